The van der Waals surface area contributed by atoms with Gasteiger partial charge in [-0.15, -0.1) is 0 Å². The number of para-hydroxylation sites is 1. The number of hydrogen-bond acceptors (Lipinski definition) is 3. The molecule has 0 fully saturated rings. The van der Waals surface area contributed by atoms with E-state index in [1.165, 1.54) is 12.1 Å². The third kappa shape index (κ3) is 4.94. The number of nitrogens with one attached hydrogen (secondary N) is 2. The zero-order chi connectivity index (χ0) is 25.3. The van der Waals surface area contributed by atoms with Crippen molar-refractivity contribution in [3.8, 4) is 16.9 Å². The predicted molar refractivity (Wildman–Crippen MR) is 133 cm³/mol. The number of amides is 1. The summed E-state index contributed by atoms with van der Waals surface area (Å²) in [7, 11) is 0. The van der Waals surface area contributed by atoms with E-state index in [1.54, 1.807) is 60.0 Å². The summed E-state index contributed by atoms with van der Waals surface area (Å²) in [5.41, 5.74) is 13.8. The highest BCUT2D eigenvalue weighted by Gasteiger charge is 2.30. The highest BCUT2D eigenvalue weighted by atomic mass is 35.5. The van der Waals surface area contributed by atoms with Crippen molar-refractivity contribution in [3.05, 3.63) is 99.5 Å². The number of hydrogen-bond donors (Lipinski definition) is 3. The maximum absolute atomic E-state index is 13.2. The number of benzene rings is 3. The summed E-state index contributed by atoms with van der Waals surface area (Å²) in [4.78, 5) is 13.2. The van der Waals surface area contributed by atoms with E-state index in [0.717, 1.165) is 17.7 Å². The number of halogens is 5. The molecule has 0 radical (unpaired) electrons. The fourth-order valence-electron chi connectivity index (χ4n) is 3.77. The van der Waals surface area contributed by atoms with E-state index in [2.05, 4.69) is 10.9 Å². The molecule has 180 valence electrons. The van der Waals surface area contributed by atoms with Gasteiger partial charge in [0.15, 0.2) is 0 Å². The Balaban J connectivity index is 1.72. The molecular weight excluding hydrogens is 500 g/mol. The minimum absolute atomic E-state index is 0.146. The second-order valence-corrected chi connectivity index (χ2v) is 8.53. The van der Waals surface area contributed by atoms with Crippen molar-refractivity contribution in [2.24, 2.45) is 0 Å². The first-order chi connectivity index (χ1) is 16.6. The van der Waals surface area contributed by atoms with E-state index >= 15 is 0 Å². The summed E-state index contributed by atoms with van der Waals surface area (Å²) < 4.78 is 40.1. The molecule has 5 nitrogen and oxygen atoms in total. The largest absolute Gasteiger partial charge is 0.416 e. The van der Waals surface area contributed by atoms with Gasteiger partial charge in [-0.25, -0.2) is 0 Å². The Morgan fingerprint density at radius 3 is 2.17 bits per heavy atom. The number of carbonyl (C=O) groups excluding carboxylic acids is 1. The van der Waals surface area contributed by atoms with Crippen LogP contribution in [0.1, 0.15) is 21.5 Å². The molecule has 0 aliphatic rings. The van der Waals surface area contributed by atoms with Gasteiger partial charge in [-0.1, -0.05) is 47.5 Å². The van der Waals surface area contributed by atoms with Gasteiger partial charge in [-0.05, 0) is 66.6 Å². The van der Waals surface area contributed by atoms with Crippen molar-refractivity contribution in [2.45, 2.75) is 13.1 Å². The molecule has 4 aromatic rings. The number of nitrogens with zero attached hydrogens (tertiary/aromatic N) is 1. The molecule has 0 saturated heterocycles. The second-order valence-electron chi connectivity index (χ2n) is 7.68. The van der Waals surface area contributed by atoms with Gasteiger partial charge in [0.05, 0.1) is 33.2 Å². The molecule has 0 aliphatic heterocycles. The summed E-state index contributed by atoms with van der Waals surface area (Å²) in [5.74, 6) is -0.423. The third-order valence-corrected chi connectivity index (χ3v) is 5.99. The molecule has 1 aromatic heterocycles. The molecule has 0 aliphatic carbocycles. The fraction of sp³-hybridized carbons (Fsp3) is 0.0800. The quantitative estimate of drug-likeness (QED) is 0.246. The van der Waals surface area contributed by atoms with E-state index in [0.29, 0.717) is 27.0 Å². The molecule has 0 bridgehead atoms. The van der Waals surface area contributed by atoms with Crippen LogP contribution in [0.2, 0.25) is 10.0 Å². The van der Waals surface area contributed by atoms with E-state index in [1.807, 2.05) is 0 Å². The minimum atomic E-state index is -4.45. The van der Waals surface area contributed by atoms with Crippen LogP contribution in [0.3, 0.4) is 0 Å². The molecule has 10 heteroatoms. The smallest absolute Gasteiger partial charge is 0.384 e. The first kappa shape index (κ1) is 24.5. The van der Waals surface area contributed by atoms with Crippen LogP contribution in [0.15, 0.2) is 72.8 Å². The molecule has 4 N–H and O–H groups in total. The summed E-state index contributed by atoms with van der Waals surface area (Å²) in [5, 5.41) is 0.980. The number of hydrazine groups is 1. The number of nitrogen functional groups attached to an aromatic ring is 1. The van der Waals surface area contributed by atoms with Crippen molar-refractivity contribution >= 4 is 40.6 Å². The van der Waals surface area contributed by atoms with Gasteiger partial charge in [0.2, 0.25) is 0 Å². The van der Waals surface area contributed by atoms with E-state index in [9.17, 15) is 18.0 Å². The van der Waals surface area contributed by atoms with Crippen LogP contribution < -0.4 is 16.6 Å². The summed E-state index contributed by atoms with van der Waals surface area (Å²) in [6, 6.07) is 18.4. The van der Waals surface area contributed by atoms with Crippen LogP contribution >= 0.6 is 23.2 Å². The number of carbonyl (C=O) groups is 1. The lowest BCUT2D eigenvalue weighted by molar-refractivity contribution is -0.137. The molecular formula is C25H19Cl2F3N4O. The number of alkyl halides is 3. The molecule has 35 heavy (non-hydrogen) atoms. The lowest BCUT2D eigenvalue weighted by Gasteiger charge is -2.14. The molecule has 0 atom stereocenters. The predicted octanol–water partition coefficient (Wildman–Crippen LogP) is 7.12. The van der Waals surface area contributed by atoms with Crippen molar-refractivity contribution in [3.63, 3.8) is 0 Å². The Morgan fingerprint density at radius 1 is 0.943 bits per heavy atom. The Labute approximate surface area is 209 Å². The molecule has 4 rings (SSSR count). The fourth-order valence-corrected chi connectivity index (χ4v) is 4.11. The van der Waals surface area contributed by atoms with Gasteiger partial charge in [0, 0.05) is 5.02 Å². The van der Waals surface area contributed by atoms with Gasteiger partial charge >= 0.3 is 6.18 Å². The van der Waals surface area contributed by atoms with Crippen molar-refractivity contribution in [1.82, 2.24) is 9.99 Å². The normalized spacial score (nSPS) is 11.4. The van der Waals surface area contributed by atoms with Gasteiger partial charge in [-0.2, -0.15) is 13.2 Å². The average Bonchev–Trinajstić information content (AvgIpc) is 3.08. The Bertz CT molecular complexity index is 1380. The second kappa shape index (κ2) is 9.56. The first-order valence-corrected chi connectivity index (χ1v) is 11.1. The molecule has 3 aromatic carbocycles. The highest BCUT2D eigenvalue weighted by molar-refractivity contribution is 6.32. The van der Waals surface area contributed by atoms with Crippen LogP contribution in [0, 0.1) is 6.92 Å². The van der Waals surface area contributed by atoms with Gasteiger partial charge in [-0.3, -0.25) is 20.2 Å². The summed E-state index contributed by atoms with van der Waals surface area (Å²) >= 11 is 12.5. The molecule has 0 spiro atoms. The summed E-state index contributed by atoms with van der Waals surface area (Å²) in [6.45, 7) is 1.75. The molecule has 0 unspecified atom stereocenters. The average molecular weight is 519 g/mol. The standard InChI is InChI=1S/C25H19Cl2F3N4O/c1-14-21(24(35)33-32-18-12-8-16(9-13-18)25(28,29)30)23(31)34(20-5-3-2-4-19(20)27)22(14)15-6-10-17(26)11-7-15/h2-13,32H,31H2,1H3,(H,33,35). The highest BCUT2D eigenvalue weighted by Crippen LogP contribution is 2.38. The summed E-state index contributed by atoms with van der Waals surface area (Å²) in [6.07, 6.45) is -4.45. The lowest BCUT2D eigenvalue weighted by Crippen LogP contribution is -2.30. The Kier molecular flexibility index (Phi) is 6.69. The number of rotatable bonds is 5. The maximum atomic E-state index is 13.2. The minimum Gasteiger partial charge on any atom is -0.384 e. The monoisotopic (exact) mass is 518 g/mol. The maximum Gasteiger partial charge on any atom is 0.416 e. The number of aromatic nitrogens is 1. The third-order valence-electron chi connectivity index (χ3n) is 5.42. The SMILES string of the molecule is Cc1c(C(=O)NNc2ccc(C(F)(F)F)cc2)c(N)n(-c2ccccc2Cl)c1-c1ccc(Cl)cc1. The van der Waals surface area contributed by atoms with Gasteiger partial charge < -0.3 is 5.73 Å². The van der Waals surface area contributed by atoms with Gasteiger partial charge in [0.1, 0.15) is 5.82 Å². The topological polar surface area (TPSA) is 72.1 Å². The Hall–Kier alpha value is -3.62. The van der Waals surface area contributed by atoms with Crippen LogP contribution in [0.25, 0.3) is 16.9 Å². The Morgan fingerprint density at radius 2 is 1.57 bits per heavy atom. The van der Waals surface area contributed by atoms with E-state index in [4.69, 9.17) is 28.9 Å². The van der Waals surface area contributed by atoms with Crippen LogP contribution in [-0.2, 0) is 6.18 Å². The van der Waals surface area contributed by atoms with Crippen LogP contribution in [0.4, 0.5) is 24.7 Å². The molecule has 1 heterocycles. The van der Waals surface area contributed by atoms with Crippen molar-refractivity contribution in [1.29, 1.82) is 0 Å². The van der Waals surface area contributed by atoms with Crippen LogP contribution in [0.5, 0.6) is 0 Å². The zero-order valence-electron chi connectivity index (χ0n) is 18.3. The van der Waals surface area contributed by atoms with E-state index in [-0.39, 0.29) is 17.1 Å². The van der Waals surface area contributed by atoms with Crippen LogP contribution in [-0.4, -0.2) is 10.5 Å². The molecule has 0 saturated carbocycles. The van der Waals surface area contributed by atoms with E-state index < -0.39 is 17.6 Å². The zero-order valence-corrected chi connectivity index (χ0v) is 19.8. The first-order valence-electron chi connectivity index (χ1n) is 10.3. The number of anilines is 2. The van der Waals surface area contributed by atoms with Crippen molar-refractivity contribution in [2.75, 3.05) is 11.2 Å². The van der Waals surface area contributed by atoms with Gasteiger partial charge in [0.25, 0.3) is 5.91 Å². The molecule has 1 amide bonds. The number of nitrogens with two attached hydrogens (primary N) is 1. The lowest BCUT2D eigenvalue weighted by atomic mass is 10.1. The van der Waals surface area contributed by atoms with Crippen molar-refractivity contribution < 1.29 is 18.0 Å².